The highest BCUT2D eigenvalue weighted by Crippen LogP contribution is 2.28. The summed E-state index contributed by atoms with van der Waals surface area (Å²) in [6, 6.07) is 5.91. The molecule has 1 atom stereocenters. The monoisotopic (exact) mass is 398 g/mol. The second kappa shape index (κ2) is 10.1. The molecule has 1 amide bonds. The van der Waals surface area contributed by atoms with Gasteiger partial charge in [0.25, 0.3) is 5.91 Å². The second-order valence-corrected chi connectivity index (χ2v) is 6.11. The van der Waals surface area contributed by atoms with Crippen LogP contribution in [0.15, 0.2) is 30.3 Å². The Kier molecular flexibility index (Phi) is 7.80. The molecule has 1 unspecified atom stereocenters. The van der Waals surface area contributed by atoms with Crippen LogP contribution in [0.3, 0.4) is 0 Å². The highest BCUT2D eigenvalue weighted by molar-refractivity contribution is 5.99. The maximum absolute atomic E-state index is 14.4. The molecule has 0 aliphatic carbocycles. The van der Waals surface area contributed by atoms with Gasteiger partial charge in [-0.05, 0) is 49.6 Å². The number of halogens is 3. The van der Waals surface area contributed by atoms with Crippen LogP contribution in [0.25, 0.3) is 0 Å². The third-order valence-corrected chi connectivity index (χ3v) is 3.84. The molecule has 2 aromatic rings. The molecule has 0 radical (unpaired) electrons. The van der Waals surface area contributed by atoms with Gasteiger partial charge in [-0.3, -0.25) is 9.63 Å². The summed E-state index contributed by atoms with van der Waals surface area (Å²) in [7, 11) is 0. The van der Waals surface area contributed by atoms with Crippen LogP contribution >= 0.6 is 0 Å². The lowest BCUT2D eigenvalue weighted by Crippen LogP contribution is -2.26. The zero-order valence-corrected chi connectivity index (χ0v) is 15.1. The molecule has 0 aliphatic rings. The number of nitrogens with one attached hydrogen (secondary N) is 2. The summed E-state index contributed by atoms with van der Waals surface area (Å²) >= 11 is 0. The summed E-state index contributed by atoms with van der Waals surface area (Å²) in [6.07, 6.45) is 0.360. The van der Waals surface area contributed by atoms with E-state index in [2.05, 4.69) is 10.2 Å². The average Bonchev–Trinajstić information content (AvgIpc) is 2.65. The Morgan fingerprint density at radius 1 is 1.18 bits per heavy atom. The molecule has 4 N–H and O–H groups in total. The fourth-order valence-electron chi connectivity index (χ4n) is 2.40. The topological polar surface area (TPSA) is 90.8 Å². The Hall–Kier alpha value is -2.62. The number of rotatable bonds is 9. The number of carbonyl (C=O) groups is 1. The quantitative estimate of drug-likeness (QED) is 0.385. The summed E-state index contributed by atoms with van der Waals surface area (Å²) in [4.78, 5) is 16.8. The Balaban J connectivity index is 2.27. The smallest absolute Gasteiger partial charge is 0.277 e. The molecule has 0 bridgehead atoms. The van der Waals surface area contributed by atoms with E-state index in [9.17, 15) is 23.1 Å². The van der Waals surface area contributed by atoms with Crippen LogP contribution < -0.4 is 10.8 Å². The predicted molar refractivity (Wildman–Crippen MR) is 96.5 cm³/mol. The van der Waals surface area contributed by atoms with Crippen LogP contribution in [0, 0.1) is 17.5 Å². The van der Waals surface area contributed by atoms with Gasteiger partial charge in [0, 0.05) is 0 Å². The van der Waals surface area contributed by atoms with E-state index in [-0.39, 0.29) is 24.5 Å². The fourth-order valence-corrected chi connectivity index (χ4v) is 2.40. The molecule has 28 heavy (non-hydrogen) atoms. The number of hydroxylamine groups is 1. The number of aliphatic hydroxyl groups excluding tert-OH is 2. The maximum atomic E-state index is 14.4. The van der Waals surface area contributed by atoms with E-state index in [1.54, 1.807) is 13.0 Å². The molecule has 9 heteroatoms. The highest BCUT2D eigenvalue weighted by atomic mass is 19.2. The summed E-state index contributed by atoms with van der Waals surface area (Å²) in [5.74, 6) is -4.20. The summed E-state index contributed by atoms with van der Waals surface area (Å²) in [5.41, 5.74) is 1.58. The Labute approximate surface area is 159 Å². The summed E-state index contributed by atoms with van der Waals surface area (Å²) in [6.45, 7) is 1.08. The van der Waals surface area contributed by atoms with Crippen molar-refractivity contribution in [2.75, 3.05) is 18.5 Å². The van der Waals surface area contributed by atoms with Crippen molar-refractivity contribution in [2.45, 2.75) is 25.9 Å². The van der Waals surface area contributed by atoms with Crippen molar-refractivity contribution in [2.24, 2.45) is 0 Å². The number of amides is 1. The second-order valence-electron chi connectivity index (χ2n) is 6.11. The van der Waals surface area contributed by atoms with Crippen molar-refractivity contribution < 1.29 is 33.0 Å². The van der Waals surface area contributed by atoms with Gasteiger partial charge in [-0.1, -0.05) is 6.07 Å². The van der Waals surface area contributed by atoms with E-state index in [0.29, 0.717) is 18.4 Å². The van der Waals surface area contributed by atoms with E-state index in [1.807, 2.05) is 5.48 Å². The molecule has 152 valence electrons. The SMILES string of the molecule is CC(O)CCc1ccc(Nc2c(C(=O)NOCCO)ccc(F)c2F)c(F)c1. The Bertz CT molecular complexity index is 831. The van der Waals surface area contributed by atoms with Crippen LogP contribution in [0.5, 0.6) is 0 Å². The molecule has 0 saturated heterocycles. The van der Waals surface area contributed by atoms with Gasteiger partial charge in [0.2, 0.25) is 0 Å². The summed E-state index contributed by atoms with van der Waals surface area (Å²) in [5, 5.41) is 20.4. The normalized spacial score (nSPS) is 11.9. The van der Waals surface area contributed by atoms with Gasteiger partial charge < -0.3 is 15.5 Å². The molecule has 6 nitrogen and oxygen atoms in total. The van der Waals surface area contributed by atoms with Crippen LogP contribution in [0.1, 0.15) is 29.3 Å². The van der Waals surface area contributed by atoms with Crippen molar-refractivity contribution in [3.05, 3.63) is 58.9 Å². The van der Waals surface area contributed by atoms with Gasteiger partial charge in [-0.25, -0.2) is 18.7 Å². The van der Waals surface area contributed by atoms with Crippen molar-refractivity contribution in [1.82, 2.24) is 5.48 Å². The predicted octanol–water partition coefficient (Wildman–Crippen LogP) is 2.81. The third-order valence-electron chi connectivity index (χ3n) is 3.84. The van der Waals surface area contributed by atoms with Gasteiger partial charge in [-0.2, -0.15) is 0 Å². The molecular weight excluding hydrogens is 377 g/mol. The molecule has 2 rings (SSSR count). The number of aryl methyl sites for hydroxylation is 1. The minimum atomic E-state index is -1.35. The van der Waals surface area contributed by atoms with Gasteiger partial charge >= 0.3 is 0 Å². The lowest BCUT2D eigenvalue weighted by molar-refractivity contribution is 0.0168. The van der Waals surface area contributed by atoms with Crippen molar-refractivity contribution in [3.63, 3.8) is 0 Å². The lowest BCUT2D eigenvalue weighted by atomic mass is 10.1. The van der Waals surface area contributed by atoms with Crippen LogP contribution in [0.4, 0.5) is 24.5 Å². The van der Waals surface area contributed by atoms with Gasteiger partial charge in [0.1, 0.15) is 5.82 Å². The third kappa shape index (κ3) is 5.69. The first-order valence-corrected chi connectivity index (χ1v) is 8.58. The van der Waals surface area contributed by atoms with E-state index >= 15 is 0 Å². The molecule has 0 aliphatic heterocycles. The molecule has 0 fully saturated rings. The number of benzene rings is 2. The van der Waals surface area contributed by atoms with E-state index < -0.39 is 35.2 Å². The highest BCUT2D eigenvalue weighted by Gasteiger charge is 2.20. The van der Waals surface area contributed by atoms with Crippen LogP contribution in [0.2, 0.25) is 0 Å². The van der Waals surface area contributed by atoms with Crippen molar-refractivity contribution in [3.8, 4) is 0 Å². The molecular formula is C19H21F3N2O4. The van der Waals surface area contributed by atoms with Gasteiger partial charge in [0.15, 0.2) is 11.6 Å². The average molecular weight is 398 g/mol. The number of hydrogen-bond donors (Lipinski definition) is 4. The molecule has 2 aromatic carbocycles. The van der Waals surface area contributed by atoms with E-state index in [1.165, 1.54) is 12.1 Å². The van der Waals surface area contributed by atoms with Gasteiger partial charge in [-0.15, -0.1) is 0 Å². The molecule has 0 spiro atoms. The molecule has 0 saturated carbocycles. The minimum absolute atomic E-state index is 0.157. The lowest BCUT2D eigenvalue weighted by Gasteiger charge is -2.15. The first kappa shape index (κ1) is 21.7. The molecule has 0 heterocycles. The number of anilines is 2. The minimum Gasteiger partial charge on any atom is -0.394 e. The van der Waals surface area contributed by atoms with Gasteiger partial charge in [0.05, 0.1) is 36.3 Å². The first-order valence-electron chi connectivity index (χ1n) is 8.58. The maximum Gasteiger partial charge on any atom is 0.277 e. The van der Waals surface area contributed by atoms with Crippen molar-refractivity contribution in [1.29, 1.82) is 0 Å². The number of aliphatic hydroxyl groups is 2. The van der Waals surface area contributed by atoms with Crippen LogP contribution in [-0.2, 0) is 11.3 Å². The molecule has 0 aromatic heterocycles. The largest absolute Gasteiger partial charge is 0.394 e. The standard InChI is InChI=1S/C19H21F3N2O4/c1-11(26)2-3-12-4-7-16(15(21)10-12)23-18-13(5-6-14(20)17(18)22)19(27)24-28-9-8-25/h4-7,10-11,23,25-26H,2-3,8-9H2,1H3,(H,24,27). The zero-order valence-electron chi connectivity index (χ0n) is 15.1. The summed E-state index contributed by atoms with van der Waals surface area (Å²) < 4.78 is 42.3. The first-order chi connectivity index (χ1) is 13.3. The van der Waals surface area contributed by atoms with Crippen molar-refractivity contribution >= 4 is 17.3 Å². The number of carbonyl (C=O) groups excluding carboxylic acids is 1. The zero-order chi connectivity index (χ0) is 20.7. The fraction of sp³-hybridized carbons (Fsp3) is 0.316. The Morgan fingerprint density at radius 2 is 1.93 bits per heavy atom. The number of hydrogen-bond acceptors (Lipinski definition) is 5. The van der Waals surface area contributed by atoms with E-state index in [0.717, 1.165) is 12.1 Å². The Morgan fingerprint density at radius 3 is 2.57 bits per heavy atom. The van der Waals surface area contributed by atoms with E-state index in [4.69, 9.17) is 5.11 Å². The van der Waals surface area contributed by atoms with Crippen LogP contribution in [-0.4, -0.2) is 35.4 Å².